The Morgan fingerprint density at radius 1 is 1.09 bits per heavy atom. The molecule has 2 aromatic rings. The van der Waals surface area contributed by atoms with E-state index < -0.39 is 26.5 Å². The van der Waals surface area contributed by atoms with Crippen molar-refractivity contribution in [2.75, 3.05) is 6.61 Å². The van der Waals surface area contributed by atoms with Crippen LogP contribution in [0.1, 0.15) is 11.5 Å². The number of halogens is 1. The Labute approximate surface area is 134 Å². The molecule has 2 aromatic carbocycles. The number of benzene rings is 2. The van der Waals surface area contributed by atoms with E-state index in [1.807, 2.05) is 30.3 Å². The summed E-state index contributed by atoms with van der Waals surface area (Å²) in [6.45, 7) is -0.385. The van der Waals surface area contributed by atoms with E-state index in [-0.39, 0.29) is 11.5 Å². The fourth-order valence-corrected chi connectivity index (χ4v) is 5.42. The van der Waals surface area contributed by atoms with Crippen molar-refractivity contribution < 1.29 is 13.5 Å². The van der Waals surface area contributed by atoms with Gasteiger partial charge in [-0.3, -0.25) is 0 Å². The fourth-order valence-electron chi connectivity index (χ4n) is 3.00. The lowest BCUT2D eigenvalue weighted by molar-refractivity contribution is 0.253. The second-order valence-corrected chi connectivity index (χ2v) is 8.08. The summed E-state index contributed by atoms with van der Waals surface area (Å²) in [5.41, 5.74) is 5.83. The molecule has 116 valence electrons. The highest BCUT2D eigenvalue weighted by Crippen LogP contribution is 2.55. The summed E-state index contributed by atoms with van der Waals surface area (Å²) in [5.74, 6) is -0.417. The maximum absolute atomic E-state index is 12.8. The van der Waals surface area contributed by atoms with Crippen LogP contribution >= 0.6 is 11.6 Å². The predicted molar refractivity (Wildman–Crippen MR) is 85.6 cm³/mol. The summed E-state index contributed by atoms with van der Waals surface area (Å²) in [4.78, 5) is 0.170. The molecule has 6 heteroatoms. The van der Waals surface area contributed by atoms with Gasteiger partial charge < -0.3 is 10.8 Å². The number of hydrogen-bond acceptors (Lipinski definition) is 4. The Morgan fingerprint density at radius 3 is 2.23 bits per heavy atom. The molecule has 1 fully saturated rings. The molecule has 0 heterocycles. The van der Waals surface area contributed by atoms with Gasteiger partial charge in [0.1, 0.15) is 0 Å². The highest BCUT2D eigenvalue weighted by Gasteiger charge is 2.68. The van der Waals surface area contributed by atoms with Gasteiger partial charge in [0, 0.05) is 10.9 Å². The first-order valence-corrected chi connectivity index (χ1v) is 8.78. The quantitative estimate of drug-likeness (QED) is 0.893. The van der Waals surface area contributed by atoms with Crippen LogP contribution in [0, 0.1) is 0 Å². The van der Waals surface area contributed by atoms with Crippen molar-refractivity contribution in [1.29, 1.82) is 0 Å². The lowest BCUT2D eigenvalue weighted by Crippen LogP contribution is -2.35. The fraction of sp³-hybridized carbons (Fsp3) is 0.250. The molecule has 1 saturated carbocycles. The number of aliphatic hydroxyl groups excluding tert-OH is 1. The van der Waals surface area contributed by atoms with Gasteiger partial charge in [-0.25, -0.2) is 8.42 Å². The first kappa shape index (κ1) is 15.5. The Hall–Kier alpha value is -1.40. The van der Waals surface area contributed by atoms with Crippen molar-refractivity contribution in [3.63, 3.8) is 0 Å². The second kappa shape index (κ2) is 5.35. The number of hydrogen-bond donors (Lipinski definition) is 2. The first-order valence-electron chi connectivity index (χ1n) is 6.85. The van der Waals surface area contributed by atoms with E-state index in [2.05, 4.69) is 0 Å². The molecule has 22 heavy (non-hydrogen) atoms. The predicted octanol–water partition coefficient (Wildman–Crippen LogP) is 1.97. The number of sulfone groups is 1. The van der Waals surface area contributed by atoms with E-state index in [0.717, 1.165) is 5.56 Å². The molecule has 0 amide bonds. The number of aliphatic hydroxyl groups is 1. The molecule has 4 nitrogen and oxygen atoms in total. The minimum absolute atomic E-state index is 0.170. The van der Waals surface area contributed by atoms with Gasteiger partial charge >= 0.3 is 0 Å². The summed E-state index contributed by atoms with van der Waals surface area (Å²) >= 11 is 5.81. The molecular weight excluding hydrogens is 322 g/mol. The first-order chi connectivity index (χ1) is 10.4. The zero-order valence-electron chi connectivity index (χ0n) is 11.7. The average molecular weight is 338 g/mol. The lowest BCUT2D eigenvalue weighted by Gasteiger charge is -2.08. The Balaban J connectivity index is 2.01. The zero-order chi connectivity index (χ0) is 16.0. The van der Waals surface area contributed by atoms with E-state index >= 15 is 0 Å². The minimum atomic E-state index is -3.64. The van der Waals surface area contributed by atoms with Crippen molar-refractivity contribution in [1.82, 2.24) is 0 Å². The van der Waals surface area contributed by atoms with Crippen LogP contribution in [0.3, 0.4) is 0 Å². The van der Waals surface area contributed by atoms with Crippen LogP contribution in [0.25, 0.3) is 0 Å². The van der Waals surface area contributed by atoms with E-state index in [0.29, 0.717) is 5.02 Å². The standard InChI is InChI=1S/C16H16ClNO3S/c17-12-6-8-13(9-7-12)22(20,21)15-14(16(15,18)10-19)11-4-2-1-3-5-11/h1-9,14-15,19H,10,18H2. The van der Waals surface area contributed by atoms with Crippen molar-refractivity contribution >= 4 is 21.4 Å². The van der Waals surface area contributed by atoms with Gasteiger partial charge in [0.15, 0.2) is 9.84 Å². The molecule has 0 spiro atoms. The van der Waals surface area contributed by atoms with Gasteiger partial charge in [-0.05, 0) is 29.8 Å². The van der Waals surface area contributed by atoms with Crippen LogP contribution in [0.5, 0.6) is 0 Å². The molecular formula is C16H16ClNO3S. The zero-order valence-corrected chi connectivity index (χ0v) is 13.3. The molecule has 0 aromatic heterocycles. The molecule has 0 aliphatic heterocycles. The van der Waals surface area contributed by atoms with Crippen molar-refractivity contribution in [3.8, 4) is 0 Å². The van der Waals surface area contributed by atoms with Crippen LogP contribution in [-0.4, -0.2) is 30.9 Å². The number of rotatable bonds is 4. The van der Waals surface area contributed by atoms with Crippen LogP contribution in [-0.2, 0) is 9.84 Å². The molecule has 3 rings (SSSR count). The summed E-state index contributed by atoms with van der Waals surface area (Å²) in [6.07, 6.45) is 0. The SMILES string of the molecule is NC1(CO)C(c2ccccc2)C1S(=O)(=O)c1ccc(Cl)cc1. The van der Waals surface area contributed by atoms with Crippen LogP contribution < -0.4 is 5.73 Å². The van der Waals surface area contributed by atoms with Crippen molar-refractivity contribution in [3.05, 3.63) is 65.2 Å². The molecule has 1 aliphatic rings. The third-order valence-electron chi connectivity index (χ3n) is 4.21. The van der Waals surface area contributed by atoms with Gasteiger partial charge in [0.25, 0.3) is 0 Å². The summed E-state index contributed by atoms with van der Waals surface area (Å²) in [6, 6.07) is 15.2. The van der Waals surface area contributed by atoms with Crippen molar-refractivity contribution in [2.24, 2.45) is 5.73 Å². The topological polar surface area (TPSA) is 80.4 Å². The van der Waals surface area contributed by atoms with E-state index in [1.165, 1.54) is 24.3 Å². The average Bonchev–Trinajstić information content (AvgIpc) is 3.16. The van der Waals surface area contributed by atoms with E-state index in [9.17, 15) is 13.5 Å². The molecule has 1 aliphatic carbocycles. The molecule has 3 N–H and O–H groups in total. The summed E-state index contributed by atoms with van der Waals surface area (Å²) in [5, 5.41) is 9.24. The minimum Gasteiger partial charge on any atom is -0.394 e. The Kier molecular flexibility index (Phi) is 3.77. The highest BCUT2D eigenvalue weighted by atomic mass is 35.5. The monoisotopic (exact) mass is 337 g/mol. The van der Waals surface area contributed by atoms with Gasteiger partial charge in [0.05, 0.1) is 22.3 Å². The molecule has 0 radical (unpaired) electrons. The Morgan fingerprint density at radius 2 is 1.68 bits per heavy atom. The van der Waals surface area contributed by atoms with Gasteiger partial charge in [-0.15, -0.1) is 0 Å². The normalized spacial score (nSPS) is 27.6. The third-order valence-corrected chi connectivity index (χ3v) is 6.77. The van der Waals surface area contributed by atoms with Gasteiger partial charge in [-0.2, -0.15) is 0 Å². The summed E-state index contributed by atoms with van der Waals surface area (Å²) in [7, 11) is -3.64. The molecule has 3 atom stereocenters. The summed E-state index contributed by atoms with van der Waals surface area (Å²) < 4.78 is 25.7. The maximum Gasteiger partial charge on any atom is 0.183 e. The maximum atomic E-state index is 12.8. The molecule has 0 saturated heterocycles. The number of nitrogens with two attached hydrogens (primary N) is 1. The highest BCUT2D eigenvalue weighted by molar-refractivity contribution is 7.92. The second-order valence-electron chi connectivity index (χ2n) is 5.58. The third kappa shape index (κ3) is 2.34. The van der Waals surface area contributed by atoms with Crippen molar-refractivity contribution in [2.45, 2.75) is 21.6 Å². The largest absolute Gasteiger partial charge is 0.394 e. The Bertz CT molecular complexity index is 777. The van der Waals surface area contributed by atoms with Gasteiger partial charge in [0.2, 0.25) is 0 Å². The van der Waals surface area contributed by atoms with Gasteiger partial charge in [-0.1, -0.05) is 41.9 Å². The van der Waals surface area contributed by atoms with Crippen LogP contribution in [0.2, 0.25) is 5.02 Å². The van der Waals surface area contributed by atoms with Crippen LogP contribution in [0.4, 0.5) is 0 Å². The lowest BCUT2D eigenvalue weighted by atomic mass is 10.1. The smallest absolute Gasteiger partial charge is 0.183 e. The van der Waals surface area contributed by atoms with Crippen LogP contribution in [0.15, 0.2) is 59.5 Å². The molecule has 0 bridgehead atoms. The van der Waals surface area contributed by atoms with E-state index in [1.54, 1.807) is 0 Å². The molecule has 3 unspecified atom stereocenters. The van der Waals surface area contributed by atoms with E-state index in [4.69, 9.17) is 17.3 Å².